The van der Waals surface area contributed by atoms with E-state index >= 15 is 0 Å². The second-order valence-electron chi connectivity index (χ2n) is 5.06. The third kappa shape index (κ3) is 2.31. The number of hydrogen-bond donors (Lipinski definition) is 0. The first-order chi connectivity index (χ1) is 9.47. The number of anilines is 1. The molecule has 1 aromatic rings. The molecule has 0 saturated heterocycles. The summed E-state index contributed by atoms with van der Waals surface area (Å²) < 4.78 is 0. The molecule has 20 heavy (non-hydrogen) atoms. The van der Waals surface area contributed by atoms with Crippen molar-refractivity contribution < 1.29 is 14.4 Å². The lowest BCUT2D eigenvalue weighted by molar-refractivity contribution is -0.128. The monoisotopic (exact) mass is 274 g/mol. The van der Waals surface area contributed by atoms with Gasteiger partial charge in [0, 0.05) is 13.0 Å². The van der Waals surface area contributed by atoms with Crippen molar-refractivity contribution in [2.75, 3.05) is 18.5 Å². The molecule has 3 amide bonds. The van der Waals surface area contributed by atoms with Crippen LogP contribution >= 0.6 is 0 Å². The van der Waals surface area contributed by atoms with Crippen LogP contribution in [0.2, 0.25) is 0 Å². The minimum Gasteiger partial charge on any atom is -0.332 e. The zero-order chi connectivity index (χ0) is 14.9. The number of fused-ring (bicyclic) bond motifs is 1. The average Bonchev–Trinajstić information content (AvgIpc) is 2.54. The maximum absolute atomic E-state index is 12.4. The molecule has 0 unspecified atom stereocenters. The van der Waals surface area contributed by atoms with Crippen molar-refractivity contribution in [3.8, 4) is 0 Å². The number of rotatable bonds is 2. The van der Waals surface area contributed by atoms with Crippen molar-refractivity contribution in [1.82, 2.24) is 4.90 Å². The SMILES string of the molecule is CC[C@@H](C)C(=O)N1C(=O)CN(C)C(=O)c2ccccc21. The lowest BCUT2D eigenvalue weighted by Gasteiger charge is -2.23. The highest BCUT2D eigenvalue weighted by Crippen LogP contribution is 2.26. The summed E-state index contributed by atoms with van der Waals surface area (Å²) in [5.41, 5.74) is 0.773. The number of nitrogens with zero attached hydrogens (tertiary/aromatic N) is 2. The van der Waals surface area contributed by atoms with Crippen molar-refractivity contribution >= 4 is 23.4 Å². The standard InChI is InChI=1S/C15H18N2O3/c1-4-10(2)14(19)17-12-8-6-5-7-11(12)15(20)16(3)9-13(17)18/h5-8,10H,4,9H2,1-3H3/t10-/m1/s1. The van der Waals surface area contributed by atoms with Gasteiger partial charge < -0.3 is 4.90 Å². The van der Waals surface area contributed by atoms with Gasteiger partial charge in [-0.15, -0.1) is 0 Å². The molecule has 0 N–H and O–H groups in total. The van der Waals surface area contributed by atoms with E-state index < -0.39 is 0 Å². The summed E-state index contributed by atoms with van der Waals surface area (Å²) in [6, 6.07) is 6.74. The first kappa shape index (κ1) is 14.2. The molecule has 0 aromatic heterocycles. The van der Waals surface area contributed by atoms with Gasteiger partial charge in [-0.1, -0.05) is 26.0 Å². The van der Waals surface area contributed by atoms with Crippen LogP contribution in [0, 0.1) is 5.92 Å². The summed E-state index contributed by atoms with van der Waals surface area (Å²) in [6.45, 7) is 3.60. The Morgan fingerprint density at radius 1 is 1.30 bits per heavy atom. The van der Waals surface area contributed by atoms with Crippen LogP contribution in [0.1, 0.15) is 30.6 Å². The second kappa shape index (κ2) is 5.45. The number of likely N-dealkylation sites (N-methyl/N-ethyl adjacent to an activating group) is 1. The summed E-state index contributed by atoms with van der Waals surface area (Å²) >= 11 is 0. The lowest BCUT2D eigenvalue weighted by atomic mass is 10.1. The highest BCUT2D eigenvalue weighted by molar-refractivity contribution is 6.21. The van der Waals surface area contributed by atoms with Crippen LogP contribution in [0.4, 0.5) is 5.69 Å². The number of imide groups is 1. The fourth-order valence-electron chi connectivity index (χ4n) is 2.17. The Balaban J connectivity index is 2.56. The van der Waals surface area contributed by atoms with Gasteiger partial charge >= 0.3 is 0 Å². The van der Waals surface area contributed by atoms with E-state index in [1.807, 2.05) is 6.92 Å². The third-order valence-corrected chi connectivity index (χ3v) is 3.60. The molecule has 2 rings (SSSR count). The van der Waals surface area contributed by atoms with Gasteiger partial charge in [-0.3, -0.25) is 14.4 Å². The van der Waals surface area contributed by atoms with Crippen molar-refractivity contribution in [3.05, 3.63) is 29.8 Å². The highest BCUT2D eigenvalue weighted by atomic mass is 16.2. The molecule has 0 fully saturated rings. The molecule has 0 radical (unpaired) electrons. The Kier molecular flexibility index (Phi) is 3.88. The van der Waals surface area contributed by atoms with Crippen molar-refractivity contribution in [2.45, 2.75) is 20.3 Å². The largest absolute Gasteiger partial charge is 0.332 e. The Morgan fingerprint density at radius 3 is 2.60 bits per heavy atom. The van der Waals surface area contributed by atoms with Gasteiger partial charge in [-0.25, -0.2) is 4.90 Å². The first-order valence-corrected chi connectivity index (χ1v) is 6.68. The van der Waals surface area contributed by atoms with E-state index in [1.54, 1.807) is 38.2 Å². The zero-order valence-electron chi connectivity index (χ0n) is 11.9. The van der Waals surface area contributed by atoms with Crippen molar-refractivity contribution in [1.29, 1.82) is 0 Å². The zero-order valence-corrected chi connectivity index (χ0v) is 11.9. The first-order valence-electron chi connectivity index (χ1n) is 6.68. The fourth-order valence-corrected chi connectivity index (χ4v) is 2.17. The van der Waals surface area contributed by atoms with Gasteiger partial charge in [-0.2, -0.15) is 0 Å². The molecule has 1 atom stereocenters. The quantitative estimate of drug-likeness (QED) is 0.824. The Hall–Kier alpha value is -2.17. The molecule has 5 nitrogen and oxygen atoms in total. The van der Waals surface area contributed by atoms with Crippen LogP contribution in [-0.4, -0.2) is 36.2 Å². The van der Waals surface area contributed by atoms with Crippen LogP contribution in [0.5, 0.6) is 0 Å². The minimum atomic E-state index is -0.365. The molecule has 106 valence electrons. The van der Waals surface area contributed by atoms with Gasteiger partial charge in [0.2, 0.25) is 5.91 Å². The van der Waals surface area contributed by atoms with Crippen LogP contribution < -0.4 is 4.90 Å². The number of para-hydroxylation sites is 1. The molecule has 0 spiro atoms. The number of amides is 3. The number of carbonyl (C=O) groups is 3. The Bertz CT molecular complexity index is 568. The maximum atomic E-state index is 12.4. The molecule has 1 heterocycles. The van der Waals surface area contributed by atoms with Crippen LogP contribution in [0.15, 0.2) is 24.3 Å². The van der Waals surface area contributed by atoms with Gasteiger partial charge in [0.1, 0.15) is 6.54 Å². The minimum absolute atomic E-state index is 0.0876. The van der Waals surface area contributed by atoms with Crippen LogP contribution in [0.25, 0.3) is 0 Å². The fraction of sp³-hybridized carbons (Fsp3) is 0.400. The molecule has 1 aliphatic rings. The summed E-state index contributed by atoms with van der Waals surface area (Å²) in [6.07, 6.45) is 0.647. The number of hydrogen-bond acceptors (Lipinski definition) is 3. The molecule has 0 aliphatic carbocycles. The topological polar surface area (TPSA) is 57.7 Å². The second-order valence-corrected chi connectivity index (χ2v) is 5.06. The van der Waals surface area contributed by atoms with Crippen molar-refractivity contribution in [3.63, 3.8) is 0 Å². The van der Waals surface area contributed by atoms with Crippen LogP contribution in [-0.2, 0) is 9.59 Å². The molecule has 1 aromatic carbocycles. The van der Waals surface area contributed by atoms with Gasteiger partial charge in [0.05, 0.1) is 11.3 Å². The molecule has 1 aliphatic heterocycles. The van der Waals surface area contributed by atoms with Crippen molar-refractivity contribution in [2.24, 2.45) is 5.92 Å². The predicted octanol–water partition coefficient (Wildman–Crippen LogP) is 1.68. The lowest BCUT2D eigenvalue weighted by Crippen LogP contribution is -2.43. The Labute approximate surface area is 118 Å². The van der Waals surface area contributed by atoms with Crippen LogP contribution in [0.3, 0.4) is 0 Å². The summed E-state index contributed by atoms with van der Waals surface area (Å²) in [5, 5.41) is 0. The van der Waals surface area contributed by atoms with E-state index in [0.29, 0.717) is 17.7 Å². The normalized spacial score (nSPS) is 16.8. The smallest absolute Gasteiger partial charge is 0.256 e. The molecular formula is C15H18N2O3. The van der Waals surface area contributed by atoms with E-state index in [1.165, 1.54) is 4.90 Å². The van der Waals surface area contributed by atoms with Gasteiger partial charge in [0.15, 0.2) is 0 Å². The average molecular weight is 274 g/mol. The van der Waals surface area contributed by atoms with Gasteiger partial charge in [0.25, 0.3) is 11.8 Å². The predicted molar refractivity (Wildman–Crippen MR) is 75.4 cm³/mol. The molecular weight excluding hydrogens is 256 g/mol. The molecule has 5 heteroatoms. The van der Waals surface area contributed by atoms with E-state index in [4.69, 9.17) is 0 Å². The summed E-state index contributed by atoms with van der Waals surface area (Å²) in [4.78, 5) is 39.5. The van der Waals surface area contributed by atoms with E-state index in [9.17, 15) is 14.4 Å². The Morgan fingerprint density at radius 2 is 1.95 bits per heavy atom. The van der Waals surface area contributed by atoms with Gasteiger partial charge in [-0.05, 0) is 18.6 Å². The van der Waals surface area contributed by atoms with E-state index in [2.05, 4.69) is 0 Å². The summed E-state index contributed by atoms with van der Waals surface area (Å²) in [5.74, 6) is -1.12. The van der Waals surface area contributed by atoms with E-state index in [-0.39, 0.29) is 30.2 Å². The molecule has 0 saturated carbocycles. The highest BCUT2D eigenvalue weighted by Gasteiger charge is 2.34. The molecule has 0 bridgehead atoms. The number of carbonyl (C=O) groups excluding carboxylic acids is 3. The number of benzene rings is 1. The maximum Gasteiger partial charge on any atom is 0.256 e. The summed E-state index contributed by atoms with van der Waals surface area (Å²) in [7, 11) is 1.56. The third-order valence-electron chi connectivity index (χ3n) is 3.60. The van der Waals surface area contributed by atoms with E-state index in [0.717, 1.165) is 4.90 Å².